The van der Waals surface area contributed by atoms with E-state index in [1.165, 1.54) is 38.3 Å². The quantitative estimate of drug-likeness (QED) is 0.451. The van der Waals surface area contributed by atoms with Gasteiger partial charge in [0.2, 0.25) is 5.78 Å². The fourth-order valence-corrected chi connectivity index (χ4v) is 3.36. The van der Waals surface area contributed by atoms with Crippen molar-refractivity contribution in [2.24, 2.45) is 4.99 Å². The van der Waals surface area contributed by atoms with Crippen LogP contribution in [0, 0.1) is 11.3 Å². The van der Waals surface area contributed by atoms with Crippen LogP contribution in [0.15, 0.2) is 23.3 Å². The van der Waals surface area contributed by atoms with Crippen LogP contribution in [0.2, 0.25) is 0 Å². The summed E-state index contributed by atoms with van der Waals surface area (Å²) >= 11 is 0. The summed E-state index contributed by atoms with van der Waals surface area (Å²) in [5, 5.41) is 13.3. The lowest BCUT2D eigenvalue weighted by atomic mass is 10.1. The Balaban J connectivity index is 2.14. The highest BCUT2D eigenvalue weighted by Crippen LogP contribution is 2.35. The third-order valence-corrected chi connectivity index (χ3v) is 4.91. The molecule has 0 saturated heterocycles. The minimum Gasteiger partial charge on any atom is -0.496 e. The number of ketones is 1. The van der Waals surface area contributed by atoms with Crippen LogP contribution in [0.4, 0.5) is 5.82 Å². The van der Waals surface area contributed by atoms with Gasteiger partial charge >= 0.3 is 0 Å². The first-order valence-electron chi connectivity index (χ1n) is 9.20. The number of aliphatic imine (C=N–C) groups is 1. The first-order chi connectivity index (χ1) is 14.0. The molecule has 0 amide bonds. The molecule has 0 aliphatic heterocycles. The molecule has 2 N–H and O–H groups in total. The van der Waals surface area contributed by atoms with E-state index in [9.17, 15) is 10.1 Å². The van der Waals surface area contributed by atoms with Crippen LogP contribution in [0.25, 0.3) is 0 Å². The minimum absolute atomic E-state index is 0.00535. The summed E-state index contributed by atoms with van der Waals surface area (Å²) in [6.45, 7) is 0. The summed E-state index contributed by atoms with van der Waals surface area (Å²) < 4.78 is 17.2. The third kappa shape index (κ3) is 3.87. The highest BCUT2D eigenvalue weighted by atomic mass is 16.5. The number of anilines is 1. The summed E-state index contributed by atoms with van der Waals surface area (Å²) in [6.07, 6.45) is 5.18. The normalized spacial score (nSPS) is 14.5. The van der Waals surface area contributed by atoms with Crippen molar-refractivity contribution in [1.29, 1.82) is 5.26 Å². The van der Waals surface area contributed by atoms with Gasteiger partial charge in [0.15, 0.2) is 17.3 Å². The maximum absolute atomic E-state index is 13.5. The van der Waals surface area contributed by atoms with Crippen LogP contribution in [-0.4, -0.2) is 48.8 Å². The monoisotopic (exact) mass is 397 g/mol. The van der Waals surface area contributed by atoms with Crippen molar-refractivity contribution in [3.8, 4) is 23.3 Å². The first-order valence-corrected chi connectivity index (χ1v) is 9.20. The summed E-state index contributed by atoms with van der Waals surface area (Å²) in [5.74, 6) is 0.786. The number of nitrogens with two attached hydrogens (primary N) is 1. The van der Waals surface area contributed by atoms with E-state index in [2.05, 4.69) is 10.1 Å². The number of nitrogen functional groups attached to an aromatic ring is 1. The van der Waals surface area contributed by atoms with Crippen LogP contribution in [0.3, 0.4) is 0 Å². The lowest BCUT2D eigenvalue weighted by Crippen LogP contribution is -2.28. The number of hydrogen-bond donors (Lipinski definition) is 1. The second-order valence-electron chi connectivity index (χ2n) is 6.59. The number of carbonyl (C=O) groups excluding carboxylic acids is 1. The molecule has 0 unspecified atom stereocenters. The van der Waals surface area contributed by atoms with Crippen LogP contribution in [0.1, 0.15) is 41.6 Å². The van der Waals surface area contributed by atoms with Crippen molar-refractivity contribution in [2.75, 3.05) is 27.1 Å². The number of benzene rings is 1. The number of ether oxygens (including phenoxy) is 3. The molecule has 0 spiro atoms. The van der Waals surface area contributed by atoms with Gasteiger partial charge in [-0.05, 0) is 18.9 Å². The Morgan fingerprint density at radius 3 is 2.34 bits per heavy atom. The first kappa shape index (κ1) is 20.2. The highest BCUT2D eigenvalue weighted by molar-refractivity contribution is 6.46. The molecule has 0 bridgehead atoms. The molecule has 1 aromatic heterocycles. The van der Waals surface area contributed by atoms with Crippen molar-refractivity contribution in [1.82, 2.24) is 9.78 Å². The molecular formula is C20H23N5O4. The number of nitrogens with zero attached hydrogens (tertiary/aromatic N) is 4. The lowest BCUT2D eigenvalue weighted by Gasteiger charge is -2.15. The van der Waals surface area contributed by atoms with E-state index in [-0.39, 0.29) is 28.8 Å². The fraction of sp³-hybridized carbons (Fsp3) is 0.400. The summed E-state index contributed by atoms with van der Waals surface area (Å²) in [4.78, 5) is 18.2. The summed E-state index contributed by atoms with van der Waals surface area (Å²) in [7, 11) is 4.44. The number of Topliss-reactive ketones (excluding diaryl/α,β-unsaturated/α-hetero) is 1. The zero-order valence-corrected chi connectivity index (χ0v) is 16.6. The maximum Gasteiger partial charge on any atom is 0.233 e. The van der Waals surface area contributed by atoms with Crippen molar-refractivity contribution in [3.63, 3.8) is 0 Å². The number of rotatable bonds is 6. The van der Waals surface area contributed by atoms with E-state index >= 15 is 0 Å². The Morgan fingerprint density at radius 2 is 1.79 bits per heavy atom. The van der Waals surface area contributed by atoms with Gasteiger partial charge in [0.1, 0.15) is 23.2 Å². The largest absolute Gasteiger partial charge is 0.496 e. The molecule has 1 saturated carbocycles. The maximum atomic E-state index is 13.5. The van der Waals surface area contributed by atoms with Crippen molar-refractivity contribution >= 4 is 17.4 Å². The highest BCUT2D eigenvalue weighted by Gasteiger charge is 2.27. The molecule has 1 aromatic carbocycles. The van der Waals surface area contributed by atoms with Crippen LogP contribution < -0.4 is 19.9 Å². The summed E-state index contributed by atoms with van der Waals surface area (Å²) in [5.41, 5.74) is 6.45. The number of aromatic nitrogens is 2. The predicted molar refractivity (Wildman–Crippen MR) is 107 cm³/mol. The van der Waals surface area contributed by atoms with Gasteiger partial charge in [0.05, 0.1) is 39.1 Å². The standard InChI is InChI=1S/C20H23N5O4/c1-27-15-9-17(29-3)16(28-2)8-14(15)18(26)20(24-13-6-4-5-7-13)25-19(22)12(10-21)11-23-25/h8-9,11,13H,4-7,22H2,1-3H3/b24-20+. The molecule has 1 aliphatic rings. The predicted octanol–water partition coefficient (Wildman–Crippen LogP) is 2.43. The van der Waals surface area contributed by atoms with Gasteiger partial charge in [0, 0.05) is 6.07 Å². The van der Waals surface area contributed by atoms with E-state index in [0.717, 1.165) is 25.7 Å². The summed E-state index contributed by atoms with van der Waals surface area (Å²) in [6, 6.07) is 5.07. The van der Waals surface area contributed by atoms with E-state index in [1.54, 1.807) is 6.07 Å². The minimum atomic E-state index is -0.436. The molecule has 1 heterocycles. The van der Waals surface area contributed by atoms with Crippen LogP contribution in [-0.2, 0) is 0 Å². The zero-order chi connectivity index (χ0) is 21.0. The second-order valence-corrected chi connectivity index (χ2v) is 6.59. The number of carbonyl (C=O) groups is 1. The van der Waals surface area contributed by atoms with Crippen molar-refractivity contribution < 1.29 is 19.0 Å². The Morgan fingerprint density at radius 1 is 1.17 bits per heavy atom. The van der Waals surface area contributed by atoms with Crippen molar-refractivity contribution in [3.05, 3.63) is 29.5 Å². The average Bonchev–Trinajstić information content (AvgIpc) is 3.39. The lowest BCUT2D eigenvalue weighted by molar-refractivity contribution is 0.105. The molecule has 9 nitrogen and oxygen atoms in total. The van der Waals surface area contributed by atoms with Crippen molar-refractivity contribution in [2.45, 2.75) is 31.7 Å². The average molecular weight is 397 g/mol. The SMILES string of the molecule is COc1cc(OC)c(C(=O)/C(=N\C2CCCC2)n2ncc(C#N)c2N)cc1OC. The van der Waals surface area contributed by atoms with Gasteiger partial charge in [-0.15, -0.1) is 0 Å². The molecule has 3 rings (SSSR count). The molecule has 9 heteroatoms. The van der Waals surface area contributed by atoms with Gasteiger partial charge in [-0.2, -0.15) is 15.0 Å². The molecule has 152 valence electrons. The van der Waals surface area contributed by atoms with Crippen LogP contribution >= 0.6 is 0 Å². The van der Waals surface area contributed by atoms with E-state index in [4.69, 9.17) is 19.9 Å². The Bertz CT molecular complexity index is 983. The van der Waals surface area contributed by atoms with E-state index in [1.807, 2.05) is 6.07 Å². The van der Waals surface area contributed by atoms with Crippen LogP contribution in [0.5, 0.6) is 17.2 Å². The number of nitriles is 1. The molecular weight excluding hydrogens is 374 g/mol. The number of hydrogen-bond acceptors (Lipinski definition) is 8. The van der Waals surface area contributed by atoms with E-state index < -0.39 is 5.78 Å². The Kier molecular flexibility index (Phi) is 6.02. The Hall–Kier alpha value is -3.54. The molecule has 1 fully saturated rings. The molecule has 0 atom stereocenters. The Labute approximate surface area is 168 Å². The second kappa shape index (κ2) is 8.65. The number of methoxy groups -OCH3 is 3. The van der Waals surface area contributed by atoms with Gasteiger partial charge in [-0.1, -0.05) is 12.8 Å². The van der Waals surface area contributed by atoms with Gasteiger partial charge in [-0.3, -0.25) is 9.79 Å². The van der Waals surface area contributed by atoms with E-state index in [0.29, 0.717) is 17.2 Å². The molecule has 2 aromatic rings. The molecule has 1 aliphatic carbocycles. The third-order valence-electron chi connectivity index (χ3n) is 4.91. The molecule has 0 radical (unpaired) electrons. The topological polar surface area (TPSA) is 125 Å². The van der Waals surface area contributed by atoms with Gasteiger partial charge in [0.25, 0.3) is 0 Å². The smallest absolute Gasteiger partial charge is 0.233 e. The fourth-order valence-electron chi connectivity index (χ4n) is 3.36. The molecule has 29 heavy (non-hydrogen) atoms. The van der Waals surface area contributed by atoms with Gasteiger partial charge < -0.3 is 19.9 Å². The van der Waals surface area contributed by atoms with Gasteiger partial charge in [-0.25, -0.2) is 0 Å². The zero-order valence-electron chi connectivity index (χ0n) is 16.6.